The summed E-state index contributed by atoms with van der Waals surface area (Å²) in [5.74, 6) is -1.09. The first-order valence-corrected chi connectivity index (χ1v) is 8.64. The molecule has 0 N–H and O–H groups in total. The molecule has 0 aliphatic carbocycles. The third-order valence-corrected chi connectivity index (χ3v) is 4.71. The third-order valence-electron chi connectivity index (χ3n) is 4.71. The van der Waals surface area contributed by atoms with Crippen molar-refractivity contribution in [2.75, 3.05) is 39.4 Å². The quantitative estimate of drug-likeness (QED) is 0.769. The molecule has 1 aromatic rings. The molecule has 2 aliphatic heterocycles. The topological polar surface area (TPSA) is 70.2 Å². The van der Waals surface area contributed by atoms with Gasteiger partial charge in [0.15, 0.2) is 0 Å². The normalized spacial score (nSPS) is 21.3. The van der Waals surface area contributed by atoms with E-state index < -0.39 is 6.04 Å². The lowest BCUT2D eigenvalue weighted by molar-refractivity contribution is -0.158. The SMILES string of the molecule is C[C@H]1C(=O)N(Cc2cccc(F)c2)CC(=O)N1CC(=O)N1CCOCC1. The van der Waals surface area contributed by atoms with Crippen LogP contribution in [0.15, 0.2) is 24.3 Å². The molecule has 1 aromatic carbocycles. The summed E-state index contributed by atoms with van der Waals surface area (Å²) in [7, 11) is 0. The van der Waals surface area contributed by atoms with Crippen molar-refractivity contribution < 1.29 is 23.5 Å². The molecule has 0 radical (unpaired) electrons. The van der Waals surface area contributed by atoms with E-state index in [4.69, 9.17) is 4.74 Å². The molecule has 2 saturated heterocycles. The number of ether oxygens (including phenoxy) is 1. The first kappa shape index (κ1) is 18.3. The van der Waals surface area contributed by atoms with E-state index in [9.17, 15) is 18.8 Å². The maximum absolute atomic E-state index is 13.3. The fourth-order valence-corrected chi connectivity index (χ4v) is 3.22. The van der Waals surface area contributed by atoms with Crippen LogP contribution in [0.5, 0.6) is 0 Å². The van der Waals surface area contributed by atoms with E-state index in [1.165, 1.54) is 21.9 Å². The fraction of sp³-hybridized carbons (Fsp3) is 0.500. The molecular formula is C18H22FN3O4. The van der Waals surface area contributed by atoms with Gasteiger partial charge in [0.05, 0.1) is 13.2 Å². The Bertz CT molecular complexity index is 705. The molecule has 0 aromatic heterocycles. The predicted octanol–water partition coefficient (Wildman–Crippen LogP) is 0.244. The molecule has 8 heteroatoms. The highest BCUT2D eigenvalue weighted by atomic mass is 19.1. The van der Waals surface area contributed by atoms with Crippen molar-refractivity contribution in [3.05, 3.63) is 35.6 Å². The molecule has 7 nitrogen and oxygen atoms in total. The van der Waals surface area contributed by atoms with Crippen molar-refractivity contribution in [3.63, 3.8) is 0 Å². The molecular weight excluding hydrogens is 341 g/mol. The molecule has 0 unspecified atom stereocenters. The third kappa shape index (κ3) is 4.01. The maximum Gasteiger partial charge on any atom is 0.245 e. The summed E-state index contributed by atoms with van der Waals surface area (Å²) in [5.41, 5.74) is 0.621. The van der Waals surface area contributed by atoms with Gasteiger partial charge < -0.3 is 19.4 Å². The van der Waals surface area contributed by atoms with Gasteiger partial charge in [-0.25, -0.2) is 4.39 Å². The van der Waals surface area contributed by atoms with Crippen molar-refractivity contribution in [2.45, 2.75) is 19.5 Å². The van der Waals surface area contributed by atoms with Gasteiger partial charge in [-0.05, 0) is 24.6 Å². The van der Waals surface area contributed by atoms with E-state index in [-0.39, 0.29) is 43.2 Å². The summed E-state index contributed by atoms with van der Waals surface area (Å²) < 4.78 is 18.5. The van der Waals surface area contributed by atoms with Gasteiger partial charge in [0.2, 0.25) is 17.7 Å². The van der Waals surface area contributed by atoms with E-state index in [1.807, 2.05) is 0 Å². The van der Waals surface area contributed by atoms with Crippen LogP contribution in [-0.2, 0) is 25.7 Å². The van der Waals surface area contributed by atoms with Gasteiger partial charge in [-0.2, -0.15) is 0 Å². The molecule has 2 fully saturated rings. The number of morpholine rings is 1. The van der Waals surface area contributed by atoms with Crippen LogP contribution in [-0.4, -0.2) is 77.9 Å². The standard InChI is InChI=1S/C18H22FN3O4/c1-13-18(25)21(10-14-3-2-4-15(19)9-14)11-17(24)22(13)12-16(23)20-5-7-26-8-6-20/h2-4,9,13H,5-8,10-12H2,1H3/t13-/m0/s1. The molecule has 2 heterocycles. The first-order chi connectivity index (χ1) is 12.5. The van der Waals surface area contributed by atoms with Crippen molar-refractivity contribution in [1.29, 1.82) is 0 Å². The molecule has 0 saturated carbocycles. The van der Waals surface area contributed by atoms with E-state index in [1.54, 1.807) is 24.0 Å². The van der Waals surface area contributed by atoms with Gasteiger partial charge in [0.25, 0.3) is 0 Å². The van der Waals surface area contributed by atoms with Crippen LogP contribution < -0.4 is 0 Å². The first-order valence-electron chi connectivity index (χ1n) is 8.64. The highest BCUT2D eigenvalue weighted by Crippen LogP contribution is 2.16. The summed E-state index contributed by atoms with van der Waals surface area (Å²) in [4.78, 5) is 41.9. The number of carbonyl (C=O) groups is 3. The average Bonchev–Trinajstić information content (AvgIpc) is 2.64. The fourth-order valence-electron chi connectivity index (χ4n) is 3.22. The van der Waals surface area contributed by atoms with Crippen LogP contribution in [0.3, 0.4) is 0 Å². The number of piperazine rings is 1. The van der Waals surface area contributed by atoms with E-state index >= 15 is 0 Å². The van der Waals surface area contributed by atoms with Crippen LogP contribution in [0.25, 0.3) is 0 Å². The van der Waals surface area contributed by atoms with E-state index in [2.05, 4.69) is 0 Å². The van der Waals surface area contributed by atoms with Crippen LogP contribution in [0, 0.1) is 5.82 Å². The molecule has 26 heavy (non-hydrogen) atoms. The highest BCUT2D eigenvalue weighted by molar-refractivity contribution is 5.96. The lowest BCUT2D eigenvalue weighted by Gasteiger charge is -2.39. The number of benzene rings is 1. The van der Waals surface area contributed by atoms with Crippen molar-refractivity contribution in [2.24, 2.45) is 0 Å². The summed E-state index contributed by atoms with van der Waals surface area (Å²) in [6, 6.07) is 5.22. The summed E-state index contributed by atoms with van der Waals surface area (Å²) in [6.45, 7) is 3.51. The number of hydrogen-bond acceptors (Lipinski definition) is 4. The molecule has 0 spiro atoms. The number of hydrogen-bond donors (Lipinski definition) is 0. The Morgan fingerprint density at radius 1 is 1.27 bits per heavy atom. The van der Waals surface area contributed by atoms with Gasteiger partial charge in [-0.1, -0.05) is 12.1 Å². The summed E-state index contributed by atoms with van der Waals surface area (Å²) in [6.07, 6.45) is 0. The van der Waals surface area contributed by atoms with Crippen molar-refractivity contribution >= 4 is 17.7 Å². The second-order valence-corrected chi connectivity index (χ2v) is 6.51. The molecule has 3 rings (SSSR count). The van der Waals surface area contributed by atoms with Crippen LogP contribution in [0.4, 0.5) is 4.39 Å². The number of carbonyl (C=O) groups excluding carboxylic acids is 3. The van der Waals surface area contributed by atoms with Crippen LogP contribution >= 0.6 is 0 Å². The second kappa shape index (κ2) is 7.82. The molecule has 3 amide bonds. The zero-order chi connectivity index (χ0) is 18.7. The Morgan fingerprint density at radius 3 is 2.69 bits per heavy atom. The Balaban J connectivity index is 1.64. The van der Waals surface area contributed by atoms with Crippen molar-refractivity contribution in [1.82, 2.24) is 14.7 Å². The smallest absolute Gasteiger partial charge is 0.245 e. The minimum absolute atomic E-state index is 0.112. The zero-order valence-corrected chi connectivity index (χ0v) is 14.7. The lowest BCUT2D eigenvalue weighted by Crippen LogP contribution is -2.60. The van der Waals surface area contributed by atoms with Crippen LogP contribution in [0.2, 0.25) is 0 Å². The molecule has 1 atom stereocenters. The maximum atomic E-state index is 13.3. The van der Waals surface area contributed by atoms with Gasteiger partial charge in [-0.3, -0.25) is 14.4 Å². The minimum Gasteiger partial charge on any atom is -0.378 e. The minimum atomic E-state index is -0.727. The number of rotatable bonds is 4. The Morgan fingerprint density at radius 2 is 2.00 bits per heavy atom. The average molecular weight is 363 g/mol. The Kier molecular flexibility index (Phi) is 5.51. The molecule has 140 valence electrons. The largest absolute Gasteiger partial charge is 0.378 e. The van der Waals surface area contributed by atoms with E-state index in [0.29, 0.717) is 31.9 Å². The summed E-state index contributed by atoms with van der Waals surface area (Å²) in [5, 5.41) is 0. The zero-order valence-electron chi connectivity index (χ0n) is 14.7. The van der Waals surface area contributed by atoms with E-state index in [0.717, 1.165) is 0 Å². The highest BCUT2D eigenvalue weighted by Gasteiger charge is 2.38. The van der Waals surface area contributed by atoms with Gasteiger partial charge >= 0.3 is 0 Å². The number of nitrogens with zero attached hydrogens (tertiary/aromatic N) is 3. The van der Waals surface area contributed by atoms with Crippen molar-refractivity contribution in [3.8, 4) is 0 Å². The van der Waals surface area contributed by atoms with Gasteiger partial charge in [0.1, 0.15) is 24.9 Å². The Labute approximate surface area is 151 Å². The second-order valence-electron chi connectivity index (χ2n) is 6.51. The number of amides is 3. The summed E-state index contributed by atoms with van der Waals surface area (Å²) >= 11 is 0. The number of halogens is 1. The monoisotopic (exact) mass is 363 g/mol. The lowest BCUT2D eigenvalue weighted by atomic mass is 10.1. The van der Waals surface area contributed by atoms with Gasteiger partial charge in [-0.15, -0.1) is 0 Å². The van der Waals surface area contributed by atoms with Crippen LogP contribution in [0.1, 0.15) is 12.5 Å². The predicted molar refractivity (Wildman–Crippen MR) is 90.4 cm³/mol. The molecule has 2 aliphatic rings. The Hall–Kier alpha value is -2.48. The van der Waals surface area contributed by atoms with Gasteiger partial charge in [0, 0.05) is 19.6 Å². The molecule has 0 bridgehead atoms.